The standard InChI is InChI=1S/C25H20ClF2N4O5S/c1-38(34)32-13-6-15(27)20(16(28)7-13)11-2-4-12(5-3-11)21-14(26)8-17-24(30-21)31-25(29-17)37-19-10-36-22-18(33)9-35-23(19)22/h2-8,18-19,22-23,33H,9-10H2,1H3,(H,29,30,31)/q-1/t18-,19-,22-,23-/m1/s1. The quantitative estimate of drug-likeness (QED) is 0.343. The van der Waals surface area contributed by atoms with E-state index in [1.165, 1.54) is 6.26 Å². The summed E-state index contributed by atoms with van der Waals surface area (Å²) in [6, 6.07) is 10.4. The number of benzene rings is 2. The highest BCUT2D eigenvalue weighted by atomic mass is 35.5. The molecule has 4 aromatic rings. The van der Waals surface area contributed by atoms with Gasteiger partial charge >= 0.3 is 0 Å². The molecular formula is C25H20ClF2N4O5S-. The van der Waals surface area contributed by atoms with Crippen molar-refractivity contribution in [1.82, 2.24) is 15.0 Å². The Bertz CT molecular complexity index is 1600. The molecule has 6 rings (SSSR count). The van der Waals surface area contributed by atoms with Crippen molar-refractivity contribution in [3.05, 3.63) is 59.1 Å². The Kier molecular flexibility index (Phi) is 6.52. The summed E-state index contributed by atoms with van der Waals surface area (Å²) in [5.74, 6) is -1.64. The molecule has 0 bridgehead atoms. The minimum atomic E-state index is -1.59. The van der Waals surface area contributed by atoms with Crippen LogP contribution in [0, 0.1) is 11.6 Å². The van der Waals surface area contributed by atoms with Gasteiger partial charge in [-0.05, 0) is 23.8 Å². The van der Waals surface area contributed by atoms with Crippen molar-refractivity contribution in [1.29, 1.82) is 0 Å². The fraction of sp³-hybridized carbons (Fsp3) is 0.280. The van der Waals surface area contributed by atoms with Crippen molar-refractivity contribution < 1.29 is 32.3 Å². The van der Waals surface area contributed by atoms with Crippen LogP contribution in [-0.4, -0.2) is 63.9 Å². The van der Waals surface area contributed by atoms with Crippen molar-refractivity contribution in [2.24, 2.45) is 4.36 Å². The Hall–Kier alpha value is -3.16. The number of hydrogen-bond donors (Lipinski definition) is 2. The number of fused-ring (bicyclic) bond motifs is 2. The fourth-order valence-corrected chi connectivity index (χ4v) is 5.34. The maximum Gasteiger partial charge on any atom is 0.296 e. The first kappa shape index (κ1) is 25.1. The normalized spacial score (nSPS) is 23.7. The smallest absolute Gasteiger partial charge is 0.296 e. The number of nitrogens with zero attached hydrogens (tertiary/aromatic N) is 3. The molecular weight excluding hydrogens is 542 g/mol. The van der Waals surface area contributed by atoms with Crippen LogP contribution in [0.5, 0.6) is 6.01 Å². The predicted octanol–water partition coefficient (Wildman–Crippen LogP) is 4.54. The van der Waals surface area contributed by atoms with Crippen LogP contribution in [0.4, 0.5) is 14.5 Å². The van der Waals surface area contributed by atoms with Gasteiger partial charge < -0.3 is 32.9 Å². The zero-order chi connectivity index (χ0) is 26.6. The third-order valence-electron chi connectivity index (χ3n) is 6.36. The summed E-state index contributed by atoms with van der Waals surface area (Å²) < 4.78 is 61.3. The third-order valence-corrected chi connectivity index (χ3v) is 7.11. The molecule has 198 valence electrons. The lowest BCUT2D eigenvalue weighted by molar-refractivity contribution is 0.00706. The van der Waals surface area contributed by atoms with Gasteiger partial charge in [0.1, 0.15) is 29.9 Å². The molecule has 0 radical (unpaired) electrons. The van der Waals surface area contributed by atoms with Gasteiger partial charge in [-0.25, -0.2) is 13.8 Å². The minimum Gasteiger partial charge on any atom is -0.456 e. The van der Waals surface area contributed by atoms with Crippen molar-refractivity contribution in [3.63, 3.8) is 0 Å². The molecule has 2 aromatic carbocycles. The molecule has 2 fully saturated rings. The summed E-state index contributed by atoms with van der Waals surface area (Å²) >= 11 is 6.50. The second-order valence-corrected chi connectivity index (χ2v) is 10.4. The van der Waals surface area contributed by atoms with Gasteiger partial charge in [-0.3, -0.25) is 0 Å². The van der Waals surface area contributed by atoms with Gasteiger partial charge in [0.05, 0.1) is 35.0 Å². The number of imidazole rings is 1. The number of aromatic amines is 1. The van der Waals surface area contributed by atoms with E-state index in [1.54, 1.807) is 30.3 Å². The minimum absolute atomic E-state index is 0.0403. The number of nitrogens with one attached hydrogen (secondary N) is 1. The molecule has 2 aliphatic heterocycles. The first-order valence-corrected chi connectivity index (χ1v) is 13.5. The molecule has 13 heteroatoms. The van der Waals surface area contributed by atoms with Gasteiger partial charge in [0.25, 0.3) is 6.01 Å². The van der Waals surface area contributed by atoms with E-state index < -0.39 is 40.5 Å². The van der Waals surface area contributed by atoms with Crippen LogP contribution in [0.3, 0.4) is 0 Å². The first-order valence-electron chi connectivity index (χ1n) is 11.6. The van der Waals surface area contributed by atoms with Gasteiger partial charge in [-0.15, -0.1) is 6.26 Å². The molecule has 0 saturated carbocycles. The SMILES string of the molecule is C[S-](=O)=Nc1cc(F)c(-c2ccc(-c3nc4nc(O[C@@H]5CO[C@H]6[C@@H]5OC[C@H]6O)[nH]c4cc3Cl)cc2)c(F)c1. The van der Waals surface area contributed by atoms with E-state index in [9.17, 15) is 18.1 Å². The number of ether oxygens (including phenoxy) is 3. The zero-order valence-corrected chi connectivity index (χ0v) is 21.3. The number of aromatic nitrogens is 3. The number of aliphatic hydroxyl groups excluding tert-OH is 1. The molecule has 9 nitrogen and oxygen atoms in total. The first-order chi connectivity index (χ1) is 18.3. The van der Waals surface area contributed by atoms with Crippen molar-refractivity contribution >= 4 is 39.0 Å². The zero-order valence-electron chi connectivity index (χ0n) is 19.7. The van der Waals surface area contributed by atoms with Crippen molar-refractivity contribution in [2.45, 2.75) is 24.4 Å². The van der Waals surface area contributed by atoms with E-state index >= 15 is 0 Å². The molecule has 4 atom stereocenters. The maximum atomic E-state index is 14.7. The number of H-pyrrole nitrogens is 1. The van der Waals surface area contributed by atoms with E-state index in [2.05, 4.69) is 19.3 Å². The molecule has 38 heavy (non-hydrogen) atoms. The van der Waals surface area contributed by atoms with Crippen LogP contribution in [0.1, 0.15) is 0 Å². The van der Waals surface area contributed by atoms with Crippen LogP contribution < -0.4 is 4.74 Å². The highest BCUT2D eigenvalue weighted by Gasteiger charge is 2.48. The average Bonchev–Trinajstić information content (AvgIpc) is 3.55. The van der Waals surface area contributed by atoms with Crippen LogP contribution in [0.2, 0.25) is 5.02 Å². The van der Waals surface area contributed by atoms with E-state index in [0.29, 0.717) is 33.0 Å². The summed E-state index contributed by atoms with van der Waals surface area (Å²) in [5, 5.41) is 10.2. The topological polar surface area (TPSA) is 119 Å². The lowest BCUT2D eigenvalue weighted by atomic mass is 10.0. The Morgan fingerprint density at radius 3 is 2.47 bits per heavy atom. The van der Waals surface area contributed by atoms with Crippen molar-refractivity contribution in [3.8, 4) is 28.4 Å². The Morgan fingerprint density at radius 2 is 1.76 bits per heavy atom. The maximum absolute atomic E-state index is 14.7. The van der Waals surface area contributed by atoms with Crippen LogP contribution >= 0.6 is 11.6 Å². The van der Waals surface area contributed by atoms with E-state index in [-0.39, 0.29) is 36.6 Å². The molecule has 2 aromatic heterocycles. The van der Waals surface area contributed by atoms with Gasteiger partial charge in [0, 0.05) is 11.3 Å². The number of rotatable bonds is 5. The molecule has 0 unspecified atom stereocenters. The van der Waals surface area contributed by atoms with Crippen molar-refractivity contribution in [2.75, 3.05) is 19.5 Å². The van der Waals surface area contributed by atoms with E-state index in [0.717, 1.165) is 12.1 Å². The molecule has 2 aliphatic rings. The monoisotopic (exact) mass is 561 g/mol. The average molecular weight is 562 g/mol. The highest BCUT2D eigenvalue weighted by Crippen LogP contribution is 2.35. The van der Waals surface area contributed by atoms with Crippen LogP contribution in [0.15, 0.2) is 46.8 Å². The second-order valence-electron chi connectivity index (χ2n) is 8.93. The molecule has 4 heterocycles. The molecule has 2 saturated heterocycles. The van der Waals surface area contributed by atoms with Crippen LogP contribution in [0.25, 0.3) is 33.5 Å². The summed E-state index contributed by atoms with van der Waals surface area (Å²) in [7, 11) is -1.59. The van der Waals surface area contributed by atoms with E-state index in [4.69, 9.17) is 25.8 Å². The summed E-state index contributed by atoms with van der Waals surface area (Å²) in [6.45, 7) is 0.446. The Morgan fingerprint density at radius 1 is 1.08 bits per heavy atom. The number of aliphatic hydroxyl groups is 1. The second kappa shape index (κ2) is 9.86. The lowest BCUT2D eigenvalue weighted by Gasteiger charge is -2.15. The molecule has 0 amide bonds. The predicted molar refractivity (Wildman–Crippen MR) is 136 cm³/mol. The number of halogens is 3. The number of pyridine rings is 1. The summed E-state index contributed by atoms with van der Waals surface area (Å²) in [4.78, 5) is 12.0. The number of hydrogen-bond acceptors (Lipinski definition) is 9. The van der Waals surface area contributed by atoms with Gasteiger partial charge in [0.15, 0.2) is 11.8 Å². The fourth-order valence-electron chi connectivity index (χ4n) is 4.67. The summed E-state index contributed by atoms with van der Waals surface area (Å²) in [5.41, 5.74) is 1.99. The Balaban J connectivity index is 1.26. The van der Waals surface area contributed by atoms with Crippen LogP contribution in [-0.2, 0) is 24.3 Å². The third kappa shape index (κ3) is 4.63. The molecule has 2 N–H and O–H groups in total. The molecule has 0 spiro atoms. The van der Waals surface area contributed by atoms with Gasteiger partial charge in [-0.1, -0.05) is 35.9 Å². The van der Waals surface area contributed by atoms with Gasteiger partial charge in [-0.2, -0.15) is 15.6 Å². The van der Waals surface area contributed by atoms with E-state index in [1.807, 2.05) is 0 Å². The van der Waals surface area contributed by atoms with Gasteiger partial charge in [0.2, 0.25) is 0 Å². The lowest BCUT2D eigenvalue weighted by Crippen LogP contribution is -2.34. The highest BCUT2D eigenvalue weighted by molar-refractivity contribution is 7.74. The summed E-state index contributed by atoms with van der Waals surface area (Å²) in [6.07, 6.45) is -0.628. The Labute approximate surface area is 221 Å². The molecule has 0 aliphatic carbocycles. The largest absolute Gasteiger partial charge is 0.456 e.